The summed E-state index contributed by atoms with van der Waals surface area (Å²) in [5.41, 5.74) is -0.357. The van der Waals surface area contributed by atoms with Gasteiger partial charge in [0.25, 0.3) is 0 Å². The summed E-state index contributed by atoms with van der Waals surface area (Å²) in [6, 6.07) is 0. The van der Waals surface area contributed by atoms with Gasteiger partial charge in [-0.1, -0.05) is 6.92 Å². The zero-order valence-electron chi connectivity index (χ0n) is 11.2. The van der Waals surface area contributed by atoms with Crippen molar-refractivity contribution in [2.45, 2.75) is 59.0 Å². The minimum atomic E-state index is -0.411. The number of esters is 1. The largest absolute Gasteiger partial charge is 0.460 e. The minimum absolute atomic E-state index is 0.00248. The molecule has 3 atom stereocenters. The van der Waals surface area contributed by atoms with Crippen molar-refractivity contribution >= 4 is 11.8 Å². The van der Waals surface area contributed by atoms with Gasteiger partial charge in [0.1, 0.15) is 11.4 Å². The molecule has 0 aliphatic heterocycles. The molecule has 0 aromatic rings. The number of carbonyl (C=O) groups excluding carboxylic acids is 2. The van der Waals surface area contributed by atoms with Crippen LogP contribution in [-0.2, 0) is 14.3 Å². The van der Waals surface area contributed by atoms with Gasteiger partial charge in [-0.15, -0.1) is 0 Å². The first-order valence-corrected chi connectivity index (χ1v) is 6.44. The van der Waals surface area contributed by atoms with Crippen LogP contribution in [0.1, 0.15) is 53.4 Å². The van der Waals surface area contributed by atoms with E-state index in [2.05, 4.69) is 6.92 Å². The molecule has 2 rings (SSSR count). The summed E-state index contributed by atoms with van der Waals surface area (Å²) in [7, 11) is 0. The van der Waals surface area contributed by atoms with Crippen molar-refractivity contribution in [3.8, 4) is 0 Å². The number of fused-ring (bicyclic) bond motifs is 1. The lowest BCUT2D eigenvalue weighted by Gasteiger charge is -2.23. The molecule has 0 saturated heterocycles. The predicted molar refractivity (Wildman–Crippen MR) is 64.4 cm³/mol. The normalized spacial score (nSPS) is 37.1. The van der Waals surface area contributed by atoms with Crippen LogP contribution in [0.25, 0.3) is 0 Å². The third-order valence-corrected chi connectivity index (χ3v) is 4.08. The fourth-order valence-electron chi connectivity index (χ4n) is 3.35. The first-order valence-electron chi connectivity index (χ1n) is 6.44. The second-order valence-corrected chi connectivity index (χ2v) is 6.94. The molecule has 2 fully saturated rings. The number of rotatable bonds is 1. The van der Waals surface area contributed by atoms with Crippen molar-refractivity contribution in [1.82, 2.24) is 0 Å². The lowest BCUT2D eigenvalue weighted by molar-refractivity contribution is -0.160. The van der Waals surface area contributed by atoms with E-state index in [0.29, 0.717) is 24.5 Å². The third-order valence-electron chi connectivity index (χ3n) is 4.08. The maximum absolute atomic E-state index is 12.0. The van der Waals surface area contributed by atoms with Gasteiger partial charge in [0, 0.05) is 12.8 Å². The van der Waals surface area contributed by atoms with Crippen LogP contribution in [0.5, 0.6) is 0 Å². The predicted octanol–water partition coefficient (Wildman–Crippen LogP) is 2.72. The summed E-state index contributed by atoms with van der Waals surface area (Å²) in [5.74, 6) is 0.672. The van der Waals surface area contributed by atoms with Crippen molar-refractivity contribution in [3.05, 3.63) is 0 Å². The van der Waals surface area contributed by atoms with Crippen LogP contribution >= 0.6 is 0 Å². The van der Waals surface area contributed by atoms with E-state index >= 15 is 0 Å². The molecule has 96 valence electrons. The van der Waals surface area contributed by atoms with Gasteiger partial charge in [-0.3, -0.25) is 9.59 Å². The van der Waals surface area contributed by atoms with Crippen molar-refractivity contribution in [3.63, 3.8) is 0 Å². The molecule has 2 aliphatic rings. The molecule has 17 heavy (non-hydrogen) atoms. The van der Waals surface area contributed by atoms with E-state index in [4.69, 9.17) is 4.74 Å². The van der Waals surface area contributed by atoms with Gasteiger partial charge in [-0.25, -0.2) is 0 Å². The Hall–Kier alpha value is -0.860. The molecule has 0 aromatic carbocycles. The zero-order valence-corrected chi connectivity index (χ0v) is 11.2. The number of hydrogen-bond acceptors (Lipinski definition) is 3. The average Bonchev–Trinajstić information content (AvgIpc) is 2.51. The van der Waals surface area contributed by atoms with Crippen molar-refractivity contribution < 1.29 is 14.3 Å². The van der Waals surface area contributed by atoms with Gasteiger partial charge in [0.05, 0.1) is 5.92 Å². The molecule has 3 nitrogen and oxygen atoms in total. The van der Waals surface area contributed by atoms with E-state index in [1.54, 1.807) is 0 Å². The Bertz CT molecular complexity index is 353. The molecular formula is C14H22O3. The molecule has 0 amide bonds. The second kappa shape index (κ2) is 3.82. The van der Waals surface area contributed by atoms with E-state index in [1.165, 1.54) is 0 Å². The molecule has 3 heteroatoms. The van der Waals surface area contributed by atoms with Crippen LogP contribution in [0.15, 0.2) is 0 Å². The number of carbonyl (C=O) groups is 2. The van der Waals surface area contributed by atoms with Gasteiger partial charge in [-0.2, -0.15) is 0 Å². The fourth-order valence-corrected chi connectivity index (χ4v) is 3.35. The first kappa shape index (κ1) is 12.6. The fraction of sp³-hybridized carbons (Fsp3) is 0.857. The molecule has 2 aliphatic carbocycles. The molecule has 2 saturated carbocycles. The van der Waals surface area contributed by atoms with Gasteiger partial charge < -0.3 is 4.74 Å². The van der Waals surface area contributed by atoms with Crippen LogP contribution in [0.2, 0.25) is 0 Å². The molecular weight excluding hydrogens is 216 g/mol. The molecule has 0 aromatic heterocycles. The number of ketones is 1. The van der Waals surface area contributed by atoms with Gasteiger partial charge in [0.15, 0.2) is 0 Å². The minimum Gasteiger partial charge on any atom is -0.460 e. The SMILES string of the molecule is CC(C)(C)OC(=O)C1C[C@@H]2CC(=O)C[C@]2(C)C1. The van der Waals surface area contributed by atoms with E-state index < -0.39 is 5.60 Å². The number of hydrogen-bond donors (Lipinski definition) is 0. The van der Waals surface area contributed by atoms with E-state index in [-0.39, 0.29) is 17.3 Å². The monoisotopic (exact) mass is 238 g/mol. The van der Waals surface area contributed by atoms with Gasteiger partial charge >= 0.3 is 5.97 Å². The molecule has 0 spiro atoms. The quantitative estimate of drug-likeness (QED) is 0.660. The van der Waals surface area contributed by atoms with Crippen molar-refractivity contribution in [2.24, 2.45) is 17.3 Å². The summed E-state index contributed by atoms with van der Waals surface area (Å²) < 4.78 is 5.43. The Morgan fingerprint density at radius 2 is 2.06 bits per heavy atom. The summed E-state index contributed by atoms with van der Waals surface area (Å²) in [5, 5.41) is 0. The maximum Gasteiger partial charge on any atom is 0.309 e. The summed E-state index contributed by atoms with van der Waals surface area (Å²) in [6.07, 6.45) is 2.96. The van der Waals surface area contributed by atoms with E-state index in [1.807, 2.05) is 20.8 Å². The highest BCUT2D eigenvalue weighted by atomic mass is 16.6. The average molecular weight is 238 g/mol. The highest BCUT2D eigenvalue weighted by Gasteiger charge is 2.52. The van der Waals surface area contributed by atoms with Gasteiger partial charge in [0.2, 0.25) is 0 Å². The van der Waals surface area contributed by atoms with E-state index in [9.17, 15) is 9.59 Å². The highest BCUT2D eigenvalue weighted by molar-refractivity contribution is 5.83. The third kappa shape index (κ3) is 2.53. The summed E-state index contributed by atoms with van der Waals surface area (Å²) in [6.45, 7) is 7.83. The van der Waals surface area contributed by atoms with Crippen LogP contribution < -0.4 is 0 Å². The Morgan fingerprint density at radius 1 is 1.41 bits per heavy atom. The Kier molecular flexibility index (Phi) is 2.83. The number of ether oxygens (including phenoxy) is 1. The van der Waals surface area contributed by atoms with Gasteiger partial charge in [-0.05, 0) is 44.9 Å². The molecule has 0 bridgehead atoms. The standard InChI is InChI=1S/C14H22O3/c1-13(2,3)17-12(16)9-5-10-6-11(15)8-14(10,4)7-9/h9-10H,5-8H2,1-4H3/t9?,10-,14+/m1/s1. The smallest absolute Gasteiger partial charge is 0.309 e. The van der Waals surface area contributed by atoms with E-state index in [0.717, 1.165) is 12.8 Å². The van der Waals surface area contributed by atoms with Crippen LogP contribution in [-0.4, -0.2) is 17.4 Å². The first-order chi connectivity index (χ1) is 7.70. The molecule has 0 radical (unpaired) electrons. The van der Waals surface area contributed by atoms with Crippen molar-refractivity contribution in [2.75, 3.05) is 0 Å². The zero-order chi connectivity index (χ0) is 12.8. The topological polar surface area (TPSA) is 43.4 Å². The molecule has 0 N–H and O–H groups in total. The highest BCUT2D eigenvalue weighted by Crippen LogP contribution is 2.55. The number of Topliss-reactive ketones (excluding diaryl/α,β-unsaturated/α-hetero) is 1. The Morgan fingerprint density at radius 3 is 2.59 bits per heavy atom. The molecule has 1 unspecified atom stereocenters. The summed E-state index contributed by atoms with van der Waals surface area (Å²) >= 11 is 0. The Labute approximate surface area is 103 Å². The summed E-state index contributed by atoms with van der Waals surface area (Å²) in [4.78, 5) is 23.5. The lowest BCUT2D eigenvalue weighted by atomic mass is 9.82. The second-order valence-electron chi connectivity index (χ2n) is 6.94. The maximum atomic E-state index is 12.0. The lowest BCUT2D eigenvalue weighted by Crippen LogP contribution is -2.28. The van der Waals surface area contributed by atoms with Crippen LogP contribution in [0.3, 0.4) is 0 Å². The molecule has 0 heterocycles. The van der Waals surface area contributed by atoms with Crippen LogP contribution in [0.4, 0.5) is 0 Å². The Balaban J connectivity index is 2.00. The van der Waals surface area contributed by atoms with Crippen molar-refractivity contribution in [1.29, 1.82) is 0 Å². The van der Waals surface area contributed by atoms with Crippen LogP contribution in [0, 0.1) is 17.3 Å².